The van der Waals surface area contributed by atoms with Gasteiger partial charge in [0.15, 0.2) is 5.69 Å². The zero-order chi connectivity index (χ0) is 18.7. The second-order valence-corrected chi connectivity index (χ2v) is 7.09. The van der Waals surface area contributed by atoms with Gasteiger partial charge in [-0.1, -0.05) is 0 Å². The predicted molar refractivity (Wildman–Crippen MR) is 85.3 cm³/mol. The highest BCUT2D eigenvalue weighted by Gasteiger charge is 2.36. The van der Waals surface area contributed by atoms with Crippen molar-refractivity contribution in [2.75, 3.05) is 19.7 Å². The molecule has 0 aromatic carbocycles. The van der Waals surface area contributed by atoms with Crippen molar-refractivity contribution in [1.29, 1.82) is 0 Å². The molecule has 2 heterocycles. The molecule has 0 aliphatic carbocycles. The molecule has 8 heteroatoms. The first-order chi connectivity index (χ1) is 11.6. The van der Waals surface area contributed by atoms with E-state index in [0.29, 0.717) is 13.1 Å². The average molecular weight is 360 g/mol. The molecule has 0 radical (unpaired) electrons. The monoisotopic (exact) mass is 360 g/mol. The molecule has 1 atom stereocenters. The van der Waals surface area contributed by atoms with E-state index in [1.165, 1.54) is 12.1 Å². The number of aromatic nitrogens is 1. The van der Waals surface area contributed by atoms with Crippen LogP contribution in [0.5, 0.6) is 5.75 Å². The minimum absolute atomic E-state index is 0.0532. The Hall–Kier alpha value is -1.99. The number of carbonyl (C=O) groups is 1. The summed E-state index contributed by atoms with van der Waals surface area (Å²) >= 11 is 0. The predicted octanol–water partition coefficient (Wildman–Crippen LogP) is 4.13. The number of ether oxygens (including phenoxy) is 2. The molecule has 25 heavy (non-hydrogen) atoms. The van der Waals surface area contributed by atoms with Gasteiger partial charge in [-0.2, -0.15) is 13.2 Å². The Morgan fingerprint density at radius 2 is 2.08 bits per heavy atom. The first kappa shape index (κ1) is 19.3. The van der Waals surface area contributed by atoms with Gasteiger partial charge in [0.25, 0.3) is 0 Å². The fraction of sp³-hybridized carbons (Fsp3) is 0.647. The summed E-state index contributed by atoms with van der Waals surface area (Å²) in [5.74, 6) is -0.341. The van der Waals surface area contributed by atoms with Crippen molar-refractivity contribution in [3.05, 3.63) is 24.0 Å². The van der Waals surface area contributed by atoms with E-state index in [0.717, 1.165) is 19.0 Å². The van der Waals surface area contributed by atoms with Crippen molar-refractivity contribution in [3.8, 4) is 5.75 Å². The van der Waals surface area contributed by atoms with Crippen LogP contribution in [0.3, 0.4) is 0 Å². The molecule has 140 valence electrons. The van der Waals surface area contributed by atoms with Gasteiger partial charge < -0.3 is 14.4 Å². The summed E-state index contributed by atoms with van der Waals surface area (Å²) in [7, 11) is 0. The van der Waals surface area contributed by atoms with Gasteiger partial charge in [-0.15, -0.1) is 0 Å². The lowest BCUT2D eigenvalue weighted by Gasteiger charge is -2.34. The van der Waals surface area contributed by atoms with Crippen LogP contribution in [0.4, 0.5) is 18.0 Å². The van der Waals surface area contributed by atoms with E-state index in [1.54, 1.807) is 25.7 Å². The maximum Gasteiger partial charge on any atom is 0.437 e. The minimum atomic E-state index is -4.56. The summed E-state index contributed by atoms with van der Waals surface area (Å²) in [4.78, 5) is 17.1. The van der Waals surface area contributed by atoms with E-state index in [2.05, 4.69) is 4.98 Å². The molecule has 1 aliphatic rings. The van der Waals surface area contributed by atoms with E-state index in [9.17, 15) is 18.0 Å². The van der Waals surface area contributed by atoms with E-state index >= 15 is 0 Å². The quantitative estimate of drug-likeness (QED) is 0.813. The van der Waals surface area contributed by atoms with Gasteiger partial charge in [0.2, 0.25) is 0 Å². The molecule has 1 saturated heterocycles. The lowest BCUT2D eigenvalue weighted by Crippen LogP contribution is -2.44. The Balaban J connectivity index is 1.95. The first-order valence-electron chi connectivity index (χ1n) is 8.19. The van der Waals surface area contributed by atoms with Crippen LogP contribution in [-0.4, -0.2) is 41.3 Å². The van der Waals surface area contributed by atoms with Gasteiger partial charge >= 0.3 is 12.3 Å². The van der Waals surface area contributed by atoms with Gasteiger partial charge in [0.05, 0.1) is 6.61 Å². The first-order valence-corrected chi connectivity index (χ1v) is 8.19. The molecule has 1 aromatic heterocycles. The zero-order valence-corrected chi connectivity index (χ0v) is 14.6. The second-order valence-electron chi connectivity index (χ2n) is 7.09. The SMILES string of the molecule is CC(C)(C)OC(=O)N1CCCC(COc2cccnc2C(F)(F)F)C1. The summed E-state index contributed by atoms with van der Waals surface area (Å²) in [6.45, 7) is 6.43. The molecule has 2 rings (SSSR count). The standard InChI is InChI=1S/C17H23F3N2O3/c1-16(2,3)25-15(23)22-9-5-6-12(10-22)11-24-13-7-4-8-21-14(13)17(18,19)20/h4,7-8,12H,5-6,9-11H2,1-3H3. The lowest BCUT2D eigenvalue weighted by molar-refractivity contribution is -0.142. The molecule has 0 N–H and O–H groups in total. The van der Waals surface area contributed by atoms with Crippen LogP contribution >= 0.6 is 0 Å². The molecule has 1 unspecified atom stereocenters. The topological polar surface area (TPSA) is 51.7 Å². The number of pyridine rings is 1. The van der Waals surface area contributed by atoms with Crippen LogP contribution in [0.2, 0.25) is 0 Å². The second kappa shape index (κ2) is 7.49. The molecule has 1 amide bonds. The Morgan fingerprint density at radius 3 is 2.72 bits per heavy atom. The van der Waals surface area contributed by atoms with Crippen LogP contribution in [0, 0.1) is 5.92 Å². The molecule has 1 aromatic rings. The average Bonchev–Trinajstić information content (AvgIpc) is 2.51. The summed E-state index contributed by atoms with van der Waals surface area (Å²) in [5, 5.41) is 0. The molecule has 0 saturated carbocycles. The van der Waals surface area contributed by atoms with Crippen molar-refractivity contribution in [2.24, 2.45) is 5.92 Å². The molecular formula is C17H23F3N2O3. The highest BCUT2D eigenvalue weighted by molar-refractivity contribution is 5.68. The molecule has 1 fully saturated rings. The maximum atomic E-state index is 12.9. The van der Waals surface area contributed by atoms with Gasteiger partial charge in [0.1, 0.15) is 11.4 Å². The number of nitrogens with zero attached hydrogens (tertiary/aromatic N) is 2. The van der Waals surface area contributed by atoms with Crippen LogP contribution in [0.15, 0.2) is 18.3 Å². The van der Waals surface area contributed by atoms with Crippen molar-refractivity contribution < 1.29 is 27.4 Å². The van der Waals surface area contributed by atoms with E-state index in [1.807, 2.05) is 0 Å². The zero-order valence-electron chi connectivity index (χ0n) is 14.6. The Bertz CT molecular complexity index is 600. The number of amides is 1. The lowest BCUT2D eigenvalue weighted by atomic mass is 9.99. The molecule has 0 bridgehead atoms. The number of hydrogen-bond donors (Lipinski definition) is 0. The van der Waals surface area contributed by atoms with Crippen LogP contribution < -0.4 is 4.74 Å². The Morgan fingerprint density at radius 1 is 1.36 bits per heavy atom. The van der Waals surface area contributed by atoms with E-state index in [4.69, 9.17) is 9.47 Å². The normalized spacial score (nSPS) is 18.8. The number of likely N-dealkylation sites (tertiary alicyclic amines) is 1. The van der Waals surface area contributed by atoms with Crippen molar-refractivity contribution in [2.45, 2.75) is 45.4 Å². The summed E-state index contributed by atoms with van der Waals surface area (Å²) in [5.41, 5.74) is -1.62. The number of piperidine rings is 1. The maximum absolute atomic E-state index is 12.9. The number of rotatable bonds is 3. The largest absolute Gasteiger partial charge is 0.491 e. The minimum Gasteiger partial charge on any atom is -0.491 e. The smallest absolute Gasteiger partial charge is 0.437 e. The highest BCUT2D eigenvalue weighted by atomic mass is 19.4. The third-order valence-corrected chi connectivity index (χ3v) is 3.68. The Kier molecular flexibility index (Phi) is 5.80. The van der Waals surface area contributed by atoms with Crippen LogP contribution in [0.25, 0.3) is 0 Å². The third-order valence-electron chi connectivity index (χ3n) is 3.68. The Labute approximate surface area is 145 Å². The summed E-state index contributed by atoms with van der Waals surface area (Å²) in [6.07, 6.45) is -2.35. The van der Waals surface area contributed by atoms with E-state index in [-0.39, 0.29) is 18.3 Å². The third kappa shape index (κ3) is 5.79. The fourth-order valence-electron chi connectivity index (χ4n) is 2.62. The molecular weight excluding hydrogens is 337 g/mol. The number of halogens is 3. The molecule has 1 aliphatic heterocycles. The van der Waals surface area contributed by atoms with Gasteiger partial charge in [-0.05, 0) is 45.7 Å². The van der Waals surface area contributed by atoms with Gasteiger partial charge in [-0.25, -0.2) is 9.78 Å². The number of alkyl halides is 3. The molecule has 5 nitrogen and oxygen atoms in total. The van der Waals surface area contributed by atoms with Gasteiger partial charge in [0, 0.05) is 25.2 Å². The van der Waals surface area contributed by atoms with E-state index < -0.39 is 23.6 Å². The van der Waals surface area contributed by atoms with Crippen LogP contribution in [-0.2, 0) is 10.9 Å². The fourth-order valence-corrected chi connectivity index (χ4v) is 2.62. The number of hydrogen-bond acceptors (Lipinski definition) is 4. The van der Waals surface area contributed by atoms with Crippen molar-refractivity contribution >= 4 is 6.09 Å². The van der Waals surface area contributed by atoms with Crippen molar-refractivity contribution in [3.63, 3.8) is 0 Å². The van der Waals surface area contributed by atoms with Gasteiger partial charge in [-0.3, -0.25) is 0 Å². The number of carbonyl (C=O) groups excluding carboxylic acids is 1. The molecule has 0 spiro atoms. The van der Waals surface area contributed by atoms with Crippen molar-refractivity contribution in [1.82, 2.24) is 9.88 Å². The van der Waals surface area contributed by atoms with Crippen LogP contribution in [0.1, 0.15) is 39.3 Å². The summed E-state index contributed by atoms with van der Waals surface area (Å²) in [6, 6.07) is 2.66. The summed E-state index contributed by atoms with van der Waals surface area (Å²) < 4.78 is 49.5. The highest BCUT2D eigenvalue weighted by Crippen LogP contribution is 2.34.